The summed E-state index contributed by atoms with van der Waals surface area (Å²) in [6.45, 7) is 1.98. The molecule has 3 aromatic rings. The minimum atomic E-state index is -3.24. The second kappa shape index (κ2) is 20.0. The van der Waals surface area contributed by atoms with Gasteiger partial charge in [0, 0.05) is 65.8 Å². The third kappa shape index (κ3) is 10.9. The van der Waals surface area contributed by atoms with Crippen molar-refractivity contribution >= 4 is 75.8 Å². The first-order chi connectivity index (χ1) is 32.7. The number of amides is 6. The standard InChI is InChI=1S/C47H41F2N7O12S/c1-23-3-6-31-35(13-23)68-36-16-29(57)5-8-32(36)41(31)30-7-4-27(15-33(30)45(64)65)56-40(60)17-37(44(56)63)69-21-34(46(66)67)54-39(59)10-9-38(58)52-20-26-14-25(11-12-51-26)42(61)53-24(2)43(62)55-22-47(48,49)18-28(55)19-50/h3-8,11-16,24,28,34,37H,9-10,17-18,20-22H2,1-2H3,(H,52,58)(H,53,61)(H,54,59)(H,64,65)(H,66,67)/t24-,28+,34?,37?/m1/s1. The van der Waals surface area contributed by atoms with Crippen molar-refractivity contribution in [3.8, 4) is 28.5 Å². The number of nitriles is 1. The molecular weight excluding hydrogens is 925 g/mol. The number of hydrogen-bond acceptors (Lipinski definition) is 13. The van der Waals surface area contributed by atoms with Gasteiger partial charge in [0.05, 0.1) is 41.4 Å². The average Bonchev–Trinajstić information content (AvgIpc) is 3.79. The van der Waals surface area contributed by atoms with E-state index in [1.165, 1.54) is 61.7 Å². The number of nitrogens with one attached hydrogen (secondary N) is 3. The van der Waals surface area contributed by atoms with Crippen molar-refractivity contribution in [3.05, 3.63) is 106 Å². The molecular formula is C47H41F2N7O12S. The second-order valence-corrected chi connectivity index (χ2v) is 17.6. The Balaban J connectivity index is 0.920. The quantitative estimate of drug-likeness (QED) is 0.0693. The Kier molecular flexibility index (Phi) is 14.2. The number of pyridine rings is 1. The van der Waals surface area contributed by atoms with E-state index in [0.717, 1.165) is 27.1 Å². The summed E-state index contributed by atoms with van der Waals surface area (Å²) >= 11 is 0.800. The molecule has 3 aliphatic heterocycles. The molecule has 0 spiro atoms. The lowest BCUT2D eigenvalue weighted by Gasteiger charge is -2.23. The molecule has 4 atom stereocenters. The van der Waals surface area contributed by atoms with Crippen LogP contribution in [0.15, 0.2) is 82.1 Å². The van der Waals surface area contributed by atoms with E-state index in [1.807, 2.05) is 13.0 Å². The van der Waals surface area contributed by atoms with Gasteiger partial charge in [-0.05, 0) is 67.4 Å². The number of thioether (sulfide) groups is 1. The lowest BCUT2D eigenvalue weighted by Crippen LogP contribution is -2.48. The first-order valence-corrected chi connectivity index (χ1v) is 22.2. The van der Waals surface area contributed by atoms with Gasteiger partial charge >= 0.3 is 11.9 Å². The van der Waals surface area contributed by atoms with Gasteiger partial charge in [-0.15, -0.1) is 11.8 Å². The first-order valence-electron chi connectivity index (χ1n) is 21.2. The minimum Gasteiger partial charge on any atom is -0.480 e. The summed E-state index contributed by atoms with van der Waals surface area (Å²) < 4.78 is 33.7. The zero-order valence-electron chi connectivity index (χ0n) is 36.6. The number of fused-ring (bicyclic) bond motifs is 2. The van der Waals surface area contributed by atoms with Gasteiger partial charge < -0.3 is 35.5 Å². The molecule has 0 bridgehead atoms. The predicted molar refractivity (Wildman–Crippen MR) is 242 cm³/mol. The number of carboxylic acid groups (broad SMARTS) is 2. The summed E-state index contributed by atoms with van der Waals surface area (Å²) in [5.74, 6) is -10.7. The van der Waals surface area contributed by atoms with Crippen molar-refractivity contribution < 1.29 is 61.8 Å². The smallest absolute Gasteiger partial charge is 0.336 e. The zero-order valence-corrected chi connectivity index (χ0v) is 37.4. The molecule has 2 aromatic carbocycles. The number of aromatic carboxylic acids is 1. The number of anilines is 1. The molecule has 7 rings (SSSR count). The normalized spacial score (nSPS) is 17.3. The van der Waals surface area contributed by atoms with Crippen molar-refractivity contribution in [2.24, 2.45) is 0 Å². The second-order valence-electron chi connectivity index (χ2n) is 16.4. The highest BCUT2D eigenvalue weighted by Crippen LogP contribution is 2.43. The van der Waals surface area contributed by atoms with E-state index in [0.29, 0.717) is 22.1 Å². The molecule has 6 amide bonds. The number of carboxylic acids is 2. The molecule has 356 valence electrons. The van der Waals surface area contributed by atoms with Crippen LogP contribution in [0.3, 0.4) is 0 Å². The average molecular weight is 966 g/mol. The molecule has 0 saturated carbocycles. The molecule has 19 nitrogen and oxygen atoms in total. The number of alkyl halides is 2. The summed E-state index contributed by atoms with van der Waals surface area (Å²) in [5.41, 5.74) is 1.99. The van der Waals surface area contributed by atoms with E-state index in [4.69, 9.17) is 4.42 Å². The molecule has 69 heavy (non-hydrogen) atoms. The monoisotopic (exact) mass is 965 g/mol. The van der Waals surface area contributed by atoms with Gasteiger partial charge in [-0.2, -0.15) is 5.26 Å². The van der Waals surface area contributed by atoms with Crippen molar-refractivity contribution in [2.75, 3.05) is 17.2 Å². The highest BCUT2D eigenvalue weighted by Gasteiger charge is 2.48. The Morgan fingerprint density at radius 1 is 0.957 bits per heavy atom. The summed E-state index contributed by atoms with van der Waals surface area (Å²) in [6, 6.07) is 13.7. The molecule has 2 fully saturated rings. The Hall–Kier alpha value is -8.06. The van der Waals surface area contributed by atoms with E-state index in [1.54, 1.807) is 18.2 Å². The lowest BCUT2D eigenvalue weighted by atomic mass is 9.90. The van der Waals surface area contributed by atoms with Crippen molar-refractivity contribution in [1.82, 2.24) is 25.8 Å². The molecule has 2 unspecified atom stereocenters. The minimum absolute atomic E-state index is 0.0211. The van der Waals surface area contributed by atoms with E-state index < -0.39 is 102 Å². The van der Waals surface area contributed by atoms with Gasteiger partial charge in [-0.1, -0.05) is 18.2 Å². The van der Waals surface area contributed by atoms with Gasteiger partial charge in [-0.25, -0.2) is 23.3 Å². The largest absolute Gasteiger partial charge is 0.480 e. The number of carbonyl (C=O) groups excluding carboxylic acids is 6. The Morgan fingerprint density at radius 2 is 1.70 bits per heavy atom. The molecule has 0 radical (unpaired) electrons. The molecule has 4 heterocycles. The molecule has 1 aromatic heterocycles. The fraction of sp³-hybridized carbons (Fsp3) is 0.298. The van der Waals surface area contributed by atoms with E-state index in [9.17, 15) is 67.4 Å². The van der Waals surface area contributed by atoms with Crippen LogP contribution in [0.25, 0.3) is 33.4 Å². The van der Waals surface area contributed by atoms with Crippen LogP contribution in [0.1, 0.15) is 64.6 Å². The number of likely N-dealkylation sites (tertiary alicyclic amines) is 1. The number of carbonyl (C=O) groups is 8. The fourth-order valence-corrected chi connectivity index (χ4v) is 9.13. The number of nitrogens with zero attached hydrogens (tertiary/aromatic N) is 4. The molecule has 5 N–H and O–H groups in total. The maximum Gasteiger partial charge on any atom is 0.336 e. The molecule has 4 aliphatic rings. The van der Waals surface area contributed by atoms with Crippen LogP contribution in [0.5, 0.6) is 0 Å². The van der Waals surface area contributed by atoms with Crippen molar-refractivity contribution in [1.29, 1.82) is 5.26 Å². The number of imide groups is 1. The highest BCUT2D eigenvalue weighted by atomic mass is 32.2. The number of aliphatic carboxylic acids is 1. The van der Waals surface area contributed by atoms with Crippen LogP contribution >= 0.6 is 11.8 Å². The van der Waals surface area contributed by atoms with E-state index in [2.05, 4.69) is 20.9 Å². The molecule has 2 saturated heterocycles. The van der Waals surface area contributed by atoms with Crippen LogP contribution in [0.4, 0.5) is 14.5 Å². The zero-order chi connectivity index (χ0) is 49.9. The number of aryl methyl sites for hydroxylation is 1. The number of hydrogen-bond donors (Lipinski definition) is 5. The Morgan fingerprint density at radius 3 is 2.42 bits per heavy atom. The molecule has 22 heteroatoms. The lowest BCUT2D eigenvalue weighted by molar-refractivity contribution is -0.141. The summed E-state index contributed by atoms with van der Waals surface area (Å²) in [6.07, 6.45) is -0.746. The van der Waals surface area contributed by atoms with Crippen molar-refractivity contribution in [3.63, 3.8) is 0 Å². The van der Waals surface area contributed by atoms with Crippen LogP contribution in [-0.4, -0.2) is 109 Å². The Labute approximate surface area is 394 Å². The van der Waals surface area contributed by atoms with Crippen LogP contribution in [0.2, 0.25) is 0 Å². The third-order valence-electron chi connectivity index (χ3n) is 11.4. The van der Waals surface area contributed by atoms with Crippen LogP contribution in [-0.2, 0) is 35.3 Å². The van der Waals surface area contributed by atoms with Crippen LogP contribution < -0.4 is 26.3 Å². The maximum atomic E-state index is 13.8. The van der Waals surface area contributed by atoms with Gasteiger partial charge in [0.15, 0.2) is 5.43 Å². The summed E-state index contributed by atoms with van der Waals surface area (Å²) in [5, 5.41) is 36.2. The number of rotatable bonds is 16. The van der Waals surface area contributed by atoms with E-state index >= 15 is 0 Å². The topological polar surface area (TPSA) is 286 Å². The van der Waals surface area contributed by atoms with Gasteiger partial charge in [0.2, 0.25) is 29.5 Å². The van der Waals surface area contributed by atoms with Crippen molar-refractivity contribution in [2.45, 2.75) is 75.4 Å². The Bertz CT molecular complexity index is 3030. The number of benzene rings is 3. The number of halogens is 2. The highest BCUT2D eigenvalue weighted by molar-refractivity contribution is 8.00. The van der Waals surface area contributed by atoms with Gasteiger partial charge in [0.25, 0.3) is 11.8 Å². The molecule has 1 aliphatic carbocycles. The summed E-state index contributed by atoms with van der Waals surface area (Å²) in [4.78, 5) is 121. The first kappa shape index (κ1) is 48.9. The predicted octanol–water partition coefficient (Wildman–Crippen LogP) is 3.88. The third-order valence-corrected chi connectivity index (χ3v) is 12.7. The van der Waals surface area contributed by atoms with E-state index in [-0.39, 0.29) is 58.0 Å². The van der Waals surface area contributed by atoms with Gasteiger partial charge in [-0.3, -0.25) is 38.5 Å². The SMILES string of the molecule is Cc1ccc2c(-c3ccc(N4C(=O)CC(SCC(NC(=O)CCC(=O)NCc5cc(C(=O)N[C@H](C)C(=O)N6CC(F)(F)C[C@H]6C#N)ccn5)C(=O)O)C4=O)cc3C(=O)O)c3ccc(=O)cc-3oc2c1. The summed E-state index contributed by atoms with van der Waals surface area (Å²) in [7, 11) is 0. The van der Waals surface area contributed by atoms with Crippen LogP contribution in [0, 0.1) is 18.3 Å². The van der Waals surface area contributed by atoms with Gasteiger partial charge in [0.1, 0.15) is 29.5 Å². The number of aromatic nitrogens is 1. The fourth-order valence-electron chi connectivity index (χ4n) is 7.97. The maximum absolute atomic E-state index is 13.8.